The first-order chi connectivity index (χ1) is 9.32. The normalized spacial score (nSPS) is 27.6. The third-order valence-corrected chi connectivity index (χ3v) is 5.15. The van der Waals surface area contributed by atoms with Crippen molar-refractivity contribution in [3.05, 3.63) is 35.1 Å². The first kappa shape index (κ1) is 15.5. The van der Waals surface area contributed by atoms with Crippen LogP contribution in [0.5, 0.6) is 0 Å². The van der Waals surface area contributed by atoms with Crippen LogP contribution in [0.15, 0.2) is 18.2 Å². The maximum atomic E-state index is 13.3. The van der Waals surface area contributed by atoms with Crippen LogP contribution in [0.1, 0.15) is 57.1 Å². The van der Waals surface area contributed by atoms with E-state index in [1.54, 1.807) is 12.1 Å². The summed E-state index contributed by atoms with van der Waals surface area (Å²) in [6, 6.07) is 5.23. The standard InChI is InChI=1S/C18H28FN/c1-12-9-15(19)7-8-16(12)17-10-14(18(2,3)4)6-5-13(17)11-20/h7-9,13-14,17H,5-6,10-11,20H2,1-4H3. The lowest BCUT2D eigenvalue weighted by atomic mass is 9.63. The molecule has 1 saturated carbocycles. The number of aryl methyl sites for hydroxylation is 1. The van der Waals surface area contributed by atoms with Crippen molar-refractivity contribution in [3.8, 4) is 0 Å². The van der Waals surface area contributed by atoms with E-state index in [1.165, 1.54) is 24.8 Å². The molecule has 1 aliphatic carbocycles. The number of benzene rings is 1. The fraction of sp³-hybridized carbons (Fsp3) is 0.667. The van der Waals surface area contributed by atoms with E-state index in [1.807, 2.05) is 13.0 Å². The molecule has 0 radical (unpaired) electrons. The molecule has 1 fully saturated rings. The number of halogens is 1. The third kappa shape index (κ3) is 3.22. The SMILES string of the molecule is Cc1cc(F)ccc1C1CC(C(C)(C)C)CCC1CN. The minimum atomic E-state index is -0.140. The van der Waals surface area contributed by atoms with Crippen LogP contribution in [-0.4, -0.2) is 6.54 Å². The maximum absolute atomic E-state index is 13.3. The molecule has 1 nitrogen and oxygen atoms in total. The predicted molar refractivity (Wildman–Crippen MR) is 83.2 cm³/mol. The molecule has 0 amide bonds. The lowest BCUT2D eigenvalue weighted by Gasteiger charge is -2.42. The van der Waals surface area contributed by atoms with Crippen molar-refractivity contribution in [2.75, 3.05) is 6.54 Å². The van der Waals surface area contributed by atoms with Gasteiger partial charge in [0.2, 0.25) is 0 Å². The van der Waals surface area contributed by atoms with Gasteiger partial charge in [-0.3, -0.25) is 0 Å². The van der Waals surface area contributed by atoms with Gasteiger partial charge >= 0.3 is 0 Å². The average molecular weight is 277 g/mol. The van der Waals surface area contributed by atoms with Gasteiger partial charge in [0.25, 0.3) is 0 Å². The first-order valence-corrected chi connectivity index (χ1v) is 7.79. The van der Waals surface area contributed by atoms with Gasteiger partial charge in [0, 0.05) is 0 Å². The monoisotopic (exact) mass is 277 g/mol. The number of hydrogen-bond donors (Lipinski definition) is 1. The molecule has 0 bridgehead atoms. The highest BCUT2D eigenvalue weighted by Crippen LogP contribution is 2.47. The summed E-state index contributed by atoms with van der Waals surface area (Å²) >= 11 is 0. The summed E-state index contributed by atoms with van der Waals surface area (Å²) in [5.41, 5.74) is 8.70. The van der Waals surface area contributed by atoms with Crippen molar-refractivity contribution in [1.29, 1.82) is 0 Å². The third-order valence-electron chi connectivity index (χ3n) is 5.15. The van der Waals surface area contributed by atoms with Crippen LogP contribution in [0.25, 0.3) is 0 Å². The van der Waals surface area contributed by atoms with E-state index in [0.717, 1.165) is 18.0 Å². The van der Waals surface area contributed by atoms with Gasteiger partial charge < -0.3 is 5.73 Å². The molecule has 2 N–H and O–H groups in total. The minimum absolute atomic E-state index is 0.140. The molecule has 3 atom stereocenters. The van der Waals surface area contributed by atoms with E-state index in [0.29, 0.717) is 17.3 Å². The van der Waals surface area contributed by atoms with Gasteiger partial charge in [0.05, 0.1) is 0 Å². The molecule has 0 saturated heterocycles. The van der Waals surface area contributed by atoms with Crippen LogP contribution < -0.4 is 5.73 Å². The quantitative estimate of drug-likeness (QED) is 0.837. The minimum Gasteiger partial charge on any atom is -0.330 e. The first-order valence-electron chi connectivity index (χ1n) is 7.79. The van der Waals surface area contributed by atoms with Crippen molar-refractivity contribution >= 4 is 0 Å². The summed E-state index contributed by atoms with van der Waals surface area (Å²) in [4.78, 5) is 0. The van der Waals surface area contributed by atoms with Crippen molar-refractivity contribution in [2.24, 2.45) is 23.0 Å². The second-order valence-electron chi connectivity index (χ2n) is 7.48. The van der Waals surface area contributed by atoms with Crippen LogP contribution in [0.3, 0.4) is 0 Å². The van der Waals surface area contributed by atoms with Gasteiger partial charge in [0.1, 0.15) is 5.82 Å². The Kier molecular flexibility index (Phi) is 4.53. The van der Waals surface area contributed by atoms with Gasteiger partial charge in [0.15, 0.2) is 0 Å². The van der Waals surface area contributed by atoms with E-state index < -0.39 is 0 Å². The molecule has 0 aromatic heterocycles. The molecule has 0 heterocycles. The molecule has 112 valence electrons. The van der Waals surface area contributed by atoms with E-state index in [2.05, 4.69) is 20.8 Å². The Balaban J connectivity index is 2.29. The molecule has 2 rings (SSSR count). The van der Waals surface area contributed by atoms with Crippen LogP contribution in [0.4, 0.5) is 4.39 Å². The Labute approximate surface area is 122 Å². The van der Waals surface area contributed by atoms with Gasteiger partial charge in [-0.25, -0.2) is 4.39 Å². The number of nitrogens with two attached hydrogens (primary N) is 1. The Morgan fingerprint density at radius 1 is 1.25 bits per heavy atom. The van der Waals surface area contributed by atoms with Crippen molar-refractivity contribution in [3.63, 3.8) is 0 Å². The second kappa shape index (κ2) is 5.85. The molecule has 1 aromatic rings. The van der Waals surface area contributed by atoms with Crippen molar-refractivity contribution in [2.45, 2.75) is 52.9 Å². The lowest BCUT2D eigenvalue weighted by molar-refractivity contribution is 0.133. The molecule has 1 aliphatic rings. The summed E-state index contributed by atoms with van der Waals surface area (Å²) in [6.07, 6.45) is 3.64. The summed E-state index contributed by atoms with van der Waals surface area (Å²) in [6.45, 7) is 9.74. The Morgan fingerprint density at radius 3 is 2.50 bits per heavy atom. The van der Waals surface area contributed by atoms with Crippen LogP contribution in [-0.2, 0) is 0 Å². The Hall–Kier alpha value is -0.890. The van der Waals surface area contributed by atoms with Crippen LogP contribution in [0, 0.1) is 30.0 Å². The summed E-state index contributed by atoms with van der Waals surface area (Å²) in [7, 11) is 0. The highest BCUT2D eigenvalue weighted by atomic mass is 19.1. The number of hydrogen-bond acceptors (Lipinski definition) is 1. The molecule has 20 heavy (non-hydrogen) atoms. The molecule has 1 aromatic carbocycles. The molecule has 2 heteroatoms. The zero-order valence-electron chi connectivity index (χ0n) is 13.2. The molecular formula is C18H28FN. The van der Waals surface area contributed by atoms with Gasteiger partial charge in [-0.2, -0.15) is 0 Å². The fourth-order valence-corrected chi connectivity index (χ4v) is 3.74. The fourth-order valence-electron chi connectivity index (χ4n) is 3.74. The van der Waals surface area contributed by atoms with E-state index in [9.17, 15) is 4.39 Å². The van der Waals surface area contributed by atoms with Crippen LogP contribution >= 0.6 is 0 Å². The van der Waals surface area contributed by atoms with E-state index in [4.69, 9.17) is 5.73 Å². The highest BCUT2D eigenvalue weighted by molar-refractivity contribution is 5.31. The van der Waals surface area contributed by atoms with Gasteiger partial charge in [-0.15, -0.1) is 0 Å². The molecule has 0 spiro atoms. The summed E-state index contributed by atoms with van der Waals surface area (Å²) < 4.78 is 13.3. The number of rotatable bonds is 2. The summed E-state index contributed by atoms with van der Waals surface area (Å²) in [5.74, 6) is 1.61. The Morgan fingerprint density at radius 2 is 1.95 bits per heavy atom. The van der Waals surface area contributed by atoms with E-state index in [-0.39, 0.29) is 5.82 Å². The summed E-state index contributed by atoms with van der Waals surface area (Å²) in [5, 5.41) is 0. The van der Waals surface area contributed by atoms with Crippen LogP contribution in [0.2, 0.25) is 0 Å². The largest absolute Gasteiger partial charge is 0.330 e. The topological polar surface area (TPSA) is 26.0 Å². The molecule has 0 aliphatic heterocycles. The molecule has 3 unspecified atom stereocenters. The second-order valence-corrected chi connectivity index (χ2v) is 7.48. The average Bonchev–Trinajstić information content (AvgIpc) is 2.37. The van der Waals surface area contributed by atoms with Crippen molar-refractivity contribution in [1.82, 2.24) is 0 Å². The Bertz CT molecular complexity index is 461. The van der Waals surface area contributed by atoms with Gasteiger partial charge in [-0.1, -0.05) is 26.8 Å². The van der Waals surface area contributed by atoms with E-state index >= 15 is 0 Å². The molecular weight excluding hydrogens is 249 g/mol. The predicted octanol–water partition coefficient (Wildman–Crippen LogP) is 4.64. The van der Waals surface area contributed by atoms with Crippen molar-refractivity contribution < 1.29 is 4.39 Å². The van der Waals surface area contributed by atoms with Gasteiger partial charge in [-0.05, 0) is 79.2 Å². The smallest absolute Gasteiger partial charge is 0.123 e. The zero-order valence-corrected chi connectivity index (χ0v) is 13.2. The zero-order chi connectivity index (χ0) is 14.9. The highest BCUT2D eigenvalue weighted by Gasteiger charge is 2.36. The lowest BCUT2D eigenvalue weighted by Crippen LogP contribution is -2.34. The maximum Gasteiger partial charge on any atom is 0.123 e.